The summed E-state index contributed by atoms with van der Waals surface area (Å²) < 4.78 is 20.8. The van der Waals surface area contributed by atoms with Crippen molar-refractivity contribution in [1.29, 1.82) is 10.5 Å². The van der Waals surface area contributed by atoms with E-state index < -0.39 is 5.67 Å². The molecule has 6 nitrogen and oxygen atoms in total. The summed E-state index contributed by atoms with van der Waals surface area (Å²) in [6.45, 7) is 0.480. The van der Waals surface area contributed by atoms with Crippen LogP contribution in [0.3, 0.4) is 0 Å². The van der Waals surface area contributed by atoms with Crippen LogP contribution in [0.4, 0.5) is 4.39 Å². The molecule has 3 aromatic rings. The van der Waals surface area contributed by atoms with Crippen LogP contribution in [0, 0.1) is 22.8 Å². The van der Waals surface area contributed by atoms with Crippen LogP contribution in [0.1, 0.15) is 24.3 Å². The zero-order valence-corrected chi connectivity index (χ0v) is 13.8. The van der Waals surface area contributed by atoms with Gasteiger partial charge in [0.15, 0.2) is 6.19 Å². The molecule has 1 fully saturated rings. The van der Waals surface area contributed by atoms with Gasteiger partial charge in [-0.3, -0.25) is 0 Å². The van der Waals surface area contributed by atoms with E-state index in [-0.39, 0.29) is 24.6 Å². The fourth-order valence-electron chi connectivity index (χ4n) is 3.21. The third kappa shape index (κ3) is 2.74. The molecule has 0 saturated carbocycles. The zero-order valence-electron chi connectivity index (χ0n) is 13.8. The quantitative estimate of drug-likeness (QED) is 0.659. The van der Waals surface area contributed by atoms with E-state index in [4.69, 9.17) is 14.9 Å². The molecule has 3 heterocycles. The number of aromatic nitrogens is 2. The highest BCUT2D eigenvalue weighted by Crippen LogP contribution is 2.36. The van der Waals surface area contributed by atoms with Crippen molar-refractivity contribution in [2.24, 2.45) is 0 Å². The Morgan fingerprint density at radius 2 is 2.12 bits per heavy atom. The molecule has 1 unspecified atom stereocenters. The van der Waals surface area contributed by atoms with Gasteiger partial charge in [-0.2, -0.15) is 10.5 Å². The van der Waals surface area contributed by atoms with Gasteiger partial charge in [0.25, 0.3) is 0 Å². The van der Waals surface area contributed by atoms with E-state index in [1.807, 2.05) is 12.3 Å². The number of oxazole rings is 1. The molecule has 1 saturated heterocycles. The van der Waals surface area contributed by atoms with Gasteiger partial charge in [-0.1, -0.05) is 12.1 Å². The monoisotopic (exact) mass is 347 g/mol. The largest absolute Gasteiger partial charge is 0.419 e. The Kier molecular flexibility index (Phi) is 3.78. The molecular weight excluding hydrogens is 333 g/mol. The second-order valence-electron chi connectivity index (χ2n) is 6.35. The summed E-state index contributed by atoms with van der Waals surface area (Å²) in [5.41, 5.74) is 1.05. The number of rotatable bonds is 2. The molecule has 0 bridgehead atoms. The normalized spacial score (nSPS) is 19.9. The minimum atomic E-state index is -1.80. The molecule has 4 rings (SSSR count). The maximum atomic E-state index is 15.3. The first-order chi connectivity index (χ1) is 12.6. The van der Waals surface area contributed by atoms with E-state index in [2.05, 4.69) is 16.0 Å². The van der Waals surface area contributed by atoms with Gasteiger partial charge in [0.2, 0.25) is 17.3 Å². The predicted molar refractivity (Wildman–Crippen MR) is 91.2 cm³/mol. The third-order valence-corrected chi connectivity index (χ3v) is 4.54. The lowest BCUT2D eigenvalue weighted by Crippen LogP contribution is -2.41. The van der Waals surface area contributed by atoms with E-state index >= 15 is 4.39 Å². The lowest BCUT2D eigenvalue weighted by Gasteiger charge is -2.31. The Morgan fingerprint density at radius 1 is 1.23 bits per heavy atom. The predicted octanol–water partition coefficient (Wildman–Crippen LogP) is 3.50. The number of alkyl halides is 1. The van der Waals surface area contributed by atoms with Crippen molar-refractivity contribution in [3.63, 3.8) is 0 Å². The van der Waals surface area contributed by atoms with Crippen molar-refractivity contribution in [3.8, 4) is 23.4 Å². The Labute approximate surface area is 149 Å². The van der Waals surface area contributed by atoms with E-state index in [0.29, 0.717) is 24.0 Å². The van der Waals surface area contributed by atoms with Gasteiger partial charge in [0, 0.05) is 18.3 Å². The second-order valence-corrected chi connectivity index (χ2v) is 6.35. The number of nitriles is 2. The van der Waals surface area contributed by atoms with Crippen LogP contribution in [0.2, 0.25) is 0 Å². The first-order valence-corrected chi connectivity index (χ1v) is 8.22. The molecule has 0 aliphatic carbocycles. The van der Waals surface area contributed by atoms with Crippen LogP contribution in [-0.4, -0.2) is 28.0 Å². The Hall–Kier alpha value is -3.45. The van der Waals surface area contributed by atoms with E-state index in [1.165, 1.54) is 4.90 Å². The van der Waals surface area contributed by atoms with Crippen molar-refractivity contribution in [2.45, 2.75) is 18.5 Å². The minimum absolute atomic E-state index is 0.0390. The Balaban J connectivity index is 1.72. The van der Waals surface area contributed by atoms with E-state index in [9.17, 15) is 0 Å². The highest BCUT2D eigenvalue weighted by atomic mass is 19.1. The lowest BCUT2D eigenvalue weighted by molar-refractivity contribution is 0.0449. The lowest BCUT2D eigenvalue weighted by atomic mass is 9.95. The SMILES string of the molecule is N#Cc1cccc(-c2cnc3oc(C4(F)CCCN(C#N)C4)nc3c2)c1. The Bertz CT molecular complexity index is 1060. The maximum absolute atomic E-state index is 15.3. The molecule has 2 aromatic heterocycles. The van der Waals surface area contributed by atoms with E-state index in [0.717, 1.165) is 11.1 Å². The molecule has 1 aromatic carbocycles. The summed E-state index contributed by atoms with van der Waals surface area (Å²) in [6, 6.07) is 11.0. The number of piperidine rings is 1. The number of pyridine rings is 1. The van der Waals surface area contributed by atoms with Crippen molar-refractivity contribution in [1.82, 2.24) is 14.9 Å². The van der Waals surface area contributed by atoms with Crippen LogP contribution in [0.5, 0.6) is 0 Å². The summed E-state index contributed by atoms with van der Waals surface area (Å²) in [6.07, 6.45) is 4.42. The number of hydrogen-bond donors (Lipinski definition) is 0. The molecule has 1 aliphatic rings. The van der Waals surface area contributed by atoms with Gasteiger partial charge < -0.3 is 9.32 Å². The summed E-state index contributed by atoms with van der Waals surface area (Å²) in [5.74, 6) is -0.0390. The highest BCUT2D eigenvalue weighted by Gasteiger charge is 2.42. The molecule has 128 valence electrons. The van der Waals surface area contributed by atoms with Crippen molar-refractivity contribution < 1.29 is 8.81 Å². The molecule has 26 heavy (non-hydrogen) atoms. The molecule has 0 N–H and O–H groups in total. The van der Waals surface area contributed by atoms with Gasteiger partial charge in [0.05, 0.1) is 18.2 Å². The standard InChI is InChI=1S/C19H14FN5O/c20-19(5-2-6-25(11-19)12-22)18-24-16-8-15(10-23-17(16)26-18)14-4-1-3-13(7-14)9-21/h1,3-4,7-8,10H,2,5-6,11H2. The average molecular weight is 347 g/mol. The fraction of sp³-hybridized carbons (Fsp3) is 0.263. The number of benzene rings is 1. The molecule has 0 amide bonds. The summed E-state index contributed by atoms with van der Waals surface area (Å²) in [7, 11) is 0. The topological polar surface area (TPSA) is 89.7 Å². The minimum Gasteiger partial charge on any atom is -0.419 e. The van der Waals surface area contributed by atoms with Crippen LogP contribution in [0.15, 0.2) is 40.9 Å². The van der Waals surface area contributed by atoms with Gasteiger partial charge in [-0.25, -0.2) is 14.4 Å². The fourth-order valence-corrected chi connectivity index (χ4v) is 3.21. The maximum Gasteiger partial charge on any atom is 0.247 e. The number of fused-ring (bicyclic) bond motifs is 1. The van der Waals surface area contributed by atoms with Crippen molar-refractivity contribution in [3.05, 3.63) is 48.0 Å². The molecule has 0 radical (unpaired) electrons. The average Bonchev–Trinajstić information content (AvgIpc) is 3.12. The van der Waals surface area contributed by atoms with Gasteiger partial charge in [0.1, 0.15) is 5.52 Å². The zero-order chi connectivity index (χ0) is 18.1. The summed E-state index contributed by atoms with van der Waals surface area (Å²) >= 11 is 0. The molecule has 1 atom stereocenters. The van der Waals surface area contributed by atoms with Gasteiger partial charge in [-0.15, -0.1) is 0 Å². The Morgan fingerprint density at radius 3 is 2.92 bits per heavy atom. The molecule has 7 heteroatoms. The number of hydrogen-bond acceptors (Lipinski definition) is 6. The highest BCUT2D eigenvalue weighted by molar-refractivity contribution is 5.77. The first kappa shape index (κ1) is 16.0. The third-order valence-electron chi connectivity index (χ3n) is 4.54. The summed E-state index contributed by atoms with van der Waals surface area (Å²) in [4.78, 5) is 9.92. The first-order valence-electron chi connectivity index (χ1n) is 8.22. The summed E-state index contributed by atoms with van der Waals surface area (Å²) in [5, 5.41) is 18.1. The van der Waals surface area contributed by atoms with Crippen LogP contribution >= 0.6 is 0 Å². The van der Waals surface area contributed by atoms with E-state index in [1.54, 1.807) is 30.5 Å². The number of likely N-dealkylation sites (tertiary alicyclic amines) is 1. The second kappa shape index (κ2) is 6.12. The van der Waals surface area contributed by atoms with Crippen LogP contribution in [-0.2, 0) is 5.67 Å². The van der Waals surface area contributed by atoms with Gasteiger partial charge >= 0.3 is 0 Å². The van der Waals surface area contributed by atoms with Crippen LogP contribution < -0.4 is 0 Å². The van der Waals surface area contributed by atoms with Crippen molar-refractivity contribution in [2.75, 3.05) is 13.1 Å². The van der Waals surface area contributed by atoms with Crippen molar-refractivity contribution >= 4 is 11.2 Å². The molecule has 0 spiro atoms. The molecule has 1 aliphatic heterocycles. The molecular formula is C19H14FN5O. The smallest absolute Gasteiger partial charge is 0.247 e. The number of nitrogens with zero attached hydrogens (tertiary/aromatic N) is 5. The number of halogens is 1. The van der Waals surface area contributed by atoms with Crippen LogP contribution in [0.25, 0.3) is 22.4 Å². The van der Waals surface area contributed by atoms with Gasteiger partial charge in [-0.05, 0) is 36.6 Å².